The normalized spacial score (nSPS) is 10.8. The van der Waals surface area contributed by atoms with Crippen LogP contribution >= 0.6 is 0 Å². The van der Waals surface area contributed by atoms with E-state index in [1.807, 2.05) is 29.8 Å². The van der Waals surface area contributed by atoms with Gasteiger partial charge in [-0.1, -0.05) is 13.8 Å². The van der Waals surface area contributed by atoms with E-state index in [1.54, 1.807) is 18.3 Å². The first kappa shape index (κ1) is 14.3. The van der Waals surface area contributed by atoms with Gasteiger partial charge in [0, 0.05) is 23.9 Å². The number of aromatic nitrogens is 2. The largest absolute Gasteiger partial charge is 0.494 e. The summed E-state index contributed by atoms with van der Waals surface area (Å²) in [4.78, 5) is 16.6. The second-order valence-corrected chi connectivity index (χ2v) is 4.95. The van der Waals surface area contributed by atoms with E-state index in [-0.39, 0.29) is 5.78 Å². The van der Waals surface area contributed by atoms with E-state index < -0.39 is 0 Å². The Balaban J connectivity index is 2.09. The van der Waals surface area contributed by atoms with E-state index in [9.17, 15) is 4.79 Å². The summed E-state index contributed by atoms with van der Waals surface area (Å²) in [6.45, 7) is 7.02. The van der Waals surface area contributed by atoms with Crippen molar-refractivity contribution >= 4 is 5.78 Å². The molecule has 1 heterocycles. The van der Waals surface area contributed by atoms with Crippen LogP contribution in [0.2, 0.25) is 0 Å². The number of benzene rings is 1. The lowest BCUT2D eigenvalue weighted by Crippen LogP contribution is -2.13. The number of hydrogen-bond acceptors (Lipinski definition) is 3. The number of ketones is 1. The Morgan fingerprint density at radius 2 is 2.00 bits per heavy atom. The number of rotatable bonds is 6. The molecule has 0 atom stereocenters. The van der Waals surface area contributed by atoms with E-state index in [4.69, 9.17) is 4.74 Å². The van der Waals surface area contributed by atoms with Crippen molar-refractivity contribution in [2.45, 2.75) is 33.2 Å². The van der Waals surface area contributed by atoms with Crippen LogP contribution in [-0.4, -0.2) is 21.9 Å². The zero-order chi connectivity index (χ0) is 14.5. The molecule has 0 amide bonds. The first-order valence-electron chi connectivity index (χ1n) is 6.89. The van der Waals surface area contributed by atoms with Gasteiger partial charge in [0.2, 0.25) is 0 Å². The third kappa shape index (κ3) is 3.26. The minimum atomic E-state index is 0.0768. The highest BCUT2D eigenvalue weighted by atomic mass is 16.5. The van der Waals surface area contributed by atoms with E-state index in [0.29, 0.717) is 24.6 Å². The molecule has 1 aromatic heterocycles. The van der Waals surface area contributed by atoms with Crippen molar-refractivity contribution in [2.75, 3.05) is 6.61 Å². The minimum absolute atomic E-state index is 0.0768. The van der Waals surface area contributed by atoms with E-state index >= 15 is 0 Å². The van der Waals surface area contributed by atoms with Crippen LogP contribution < -0.4 is 4.74 Å². The van der Waals surface area contributed by atoms with E-state index in [0.717, 1.165) is 11.6 Å². The molecule has 0 aliphatic carbocycles. The number of carbonyl (C=O) groups is 1. The van der Waals surface area contributed by atoms with Crippen molar-refractivity contribution < 1.29 is 9.53 Å². The molecule has 0 saturated heterocycles. The molecule has 1 aromatic carbocycles. The van der Waals surface area contributed by atoms with Crippen molar-refractivity contribution in [3.8, 4) is 5.75 Å². The number of ether oxygens (including phenoxy) is 1. The molecule has 4 heteroatoms. The van der Waals surface area contributed by atoms with Crippen molar-refractivity contribution in [3.05, 3.63) is 48.0 Å². The van der Waals surface area contributed by atoms with Gasteiger partial charge in [-0.2, -0.15) is 0 Å². The molecular weight excluding hydrogens is 252 g/mol. The summed E-state index contributed by atoms with van der Waals surface area (Å²) >= 11 is 0. The molecule has 2 aromatic rings. The SMILES string of the molecule is CCOc1ccc(C(=O)Cn2ccnc2C(C)C)cc1. The maximum absolute atomic E-state index is 12.3. The predicted octanol–water partition coefficient (Wildman–Crippen LogP) is 3.29. The smallest absolute Gasteiger partial charge is 0.182 e. The molecule has 0 spiro atoms. The van der Waals surface area contributed by atoms with Gasteiger partial charge in [0.1, 0.15) is 11.6 Å². The van der Waals surface area contributed by atoms with Gasteiger partial charge < -0.3 is 9.30 Å². The molecule has 0 aliphatic rings. The minimum Gasteiger partial charge on any atom is -0.494 e. The molecule has 0 bridgehead atoms. The third-order valence-corrected chi connectivity index (χ3v) is 3.07. The van der Waals surface area contributed by atoms with Gasteiger partial charge in [0.15, 0.2) is 5.78 Å². The van der Waals surface area contributed by atoms with Crippen LogP contribution in [0.25, 0.3) is 0 Å². The summed E-state index contributed by atoms with van der Waals surface area (Å²) in [6.07, 6.45) is 3.59. The van der Waals surface area contributed by atoms with Crippen molar-refractivity contribution in [2.24, 2.45) is 0 Å². The quantitative estimate of drug-likeness (QED) is 0.758. The fourth-order valence-corrected chi connectivity index (χ4v) is 2.10. The summed E-state index contributed by atoms with van der Waals surface area (Å²) in [7, 11) is 0. The molecule has 0 saturated carbocycles. The number of carbonyl (C=O) groups excluding carboxylic acids is 1. The van der Waals surface area contributed by atoms with Crippen LogP contribution in [-0.2, 0) is 6.54 Å². The number of imidazole rings is 1. The molecule has 0 unspecified atom stereocenters. The topological polar surface area (TPSA) is 44.1 Å². The van der Waals surface area contributed by atoms with Crippen LogP contribution in [0.3, 0.4) is 0 Å². The molecule has 20 heavy (non-hydrogen) atoms. The molecule has 106 valence electrons. The number of Topliss-reactive ketones (excluding diaryl/α,β-unsaturated/α-hetero) is 1. The lowest BCUT2D eigenvalue weighted by Gasteiger charge is -2.10. The highest BCUT2D eigenvalue weighted by Crippen LogP contribution is 2.15. The predicted molar refractivity (Wildman–Crippen MR) is 78.3 cm³/mol. The maximum Gasteiger partial charge on any atom is 0.182 e. The van der Waals surface area contributed by atoms with Gasteiger partial charge in [0.25, 0.3) is 0 Å². The first-order valence-corrected chi connectivity index (χ1v) is 6.89. The van der Waals surface area contributed by atoms with Gasteiger partial charge >= 0.3 is 0 Å². The Kier molecular flexibility index (Phi) is 4.56. The standard InChI is InChI=1S/C16H20N2O2/c1-4-20-14-7-5-13(6-8-14)15(19)11-18-10-9-17-16(18)12(2)3/h5-10,12H,4,11H2,1-3H3. The average Bonchev–Trinajstić information content (AvgIpc) is 2.88. The Morgan fingerprint density at radius 1 is 1.30 bits per heavy atom. The maximum atomic E-state index is 12.3. The first-order chi connectivity index (χ1) is 9.61. The lowest BCUT2D eigenvalue weighted by atomic mass is 10.1. The van der Waals surface area contributed by atoms with Crippen molar-refractivity contribution in [3.63, 3.8) is 0 Å². The van der Waals surface area contributed by atoms with Gasteiger partial charge in [-0.15, -0.1) is 0 Å². The Labute approximate surface area is 119 Å². The molecule has 4 nitrogen and oxygen atoms in total. The molecule has 0 N–H and O–H groups in total. The second kappa shape index (κ2) is 6.37. The zero-order valence-corrected chi connectivity index (χ0v) is 12.2. The average molecular weight is 272 g/mol. The number of hydrogen-bond donors (Lipinski definition) is 0. The van der Waals surface area contributed by atoms with E-state index in [2.05, 4.69) is 18.8 Å². The molecular formula is C16H20N2O2. The van der Waals surface area contributed by atoms with Crippen molar-refractivity contribution in [1.82, 2.24) is 9.55 Å². The molecule has 0 aliphatic heterocycles. The van der Waals surface area contributed by atoms with Gasteiger partial charge in [0.05, 0.1) is 13.2 Å². The summed E-state index contributed by atoms with van der Waals surface area (Å²) in [5, 5.41) is 0. The summed E-state index contributed by atoms with van der Waals surface area (Å²) in [5.74, 6) is 2.10. The fourth-order valence-electron chi connectivity index (χ4n) is 2.10. The summed E-state index contributed by atoms with van der Waals surface area (Å²) in [6, 6.07) is 7.26. The lowest BCUT2D eigenvalue weighted by molar-refractivity contribution is 0.0970. The second-order valence-electron chi connectivity index (χ2n) is 4.95. The van der Waals surface area contributed by atoms with E-state index in [1.165, 1.54) is 0 Å². The zero-order valence-electron chi connectivity index (χ0n) is 12.2. The van der Waals surface area contributed by atoms with Gasteiger partial charge in [-0.25, -0.2) is 4.98 Å². The summed E-state index contributed by atoms with van der Waals surface area (Å²) in [5.41, 5.74) is 0.692. The molecule has 0 radical (unpaired) electrons. The fraction of sp³-hybridized carbons (Fsp3) is 0.375. The number of nitrogens with zero attached hydrogens (tertiary/aromatic N) is 2. The highest BCUT2D eigenvalue weighted by molar-refractivity contribution is 5.96. The van der Waals surface area contributed by atoms with Crippen LogP contribution in [0.5, 0.6) is 5.75 Å². The van der Waals surface area contributed by atoms with Crippen LogP contribution in [0.1, 0.15) is 42.9 Å². The van der Waals surface area contributed by atoms with Crippen LogP contribution in [0.4, 0.5) is 0 Å². The Bertz CT molecular complexity index is 570. The van der Waals surface area contributed by atoms with Crippen molar-refractivity contribution in [1.29, 1.82) is 0 Å². The molecule has 2 rings (SSSR count). The Hall–Kier alpha value is -2.10. The van der Waals surface area contributed by atoms with Gasteiger partial charge in [-0.05, 0) is 31.2 Å². The van der Waals surface area contributed by atoms with Gasteiger partial charge in [-0.3, -0.25) is 4.79 Å². The monoisotopic (exact) mass is 272 g/mol. The third-order valence-electron chi connectivity index (χ3n) is 3.07. The molecule has 0 fully saturated rings. The Morgan fingerprint density at radius 3 is 2.60 bits per heavy atom. The highest BCUT2D eigenvalue weighted by Gasteiger charge is 2.12. The summed E-state index contributed by atoms with van der Waals surface area (Å²) < 4.78 is 7.28. The van der Waals surface area contributed by atoms with Crippen LogP contribution in [0.15, 0.2) is 36.7 Å². The van der Waals surface area contributed by atoms with Crippen LogP contribution in [0, 0.1) is 0 Å².